The highest BCUT2D eigenvalue weighted by Gasteiger charge is 2.54. The van der Waals surface area contributed by atoms with Gasteiger partial charge in [0.25, 0.3) is 26.2 Å². The van der Waals surface area contributed by atoms with Gasteiger partial charge in [-0.25, -0.2) is 32.1 Å². The van der Waals surface area contributed by atoms with Gasteiger partial charge in [0, 0.05) is 26.5 Å². The van der Waals surface area contributed by atoms with Crippen LogP contribution < -0.4 is 11.1 Å². The van der Waals surface area contributed by atoms with Crippen LogP contribution in [0, 0.1) is 11.6 Å². The molecule has 16 nitrogen and oxygen atoms in total. The minimum Gasteiger partial charge on any atom is -0.346 e. The maximum absolute atomic E-state index is 16.1. The van der Waals surface area contributed by atoms with Crippen LogP contribution in [0.1, 0.15) is 12.5 Å². The van der Waals surface area contributed by atoms with Crippen molar-refractivity contribution in [1.29, 1.82) is 0 Å². The number of thiol groups is 1. The molecule has 0 spiro atoms. The average molecular weight is 738 g/mol. The minimum absolute atomic E-state index is 0.250. The fourth-order valence-corrected chi connectivity index (χ4v) is 8.58. The summed E-state index contributed by atoms with van der Waals surface area (Å²) < 4.78 is 126. The lowest BCUT2D eigenvalue weighted by atomic mass is 10.1. The van der Waals surface area contributed by atoms with Crippen LogP contribution >= 0.6 is 26.5 Å². The van der Waals surface area contributed by atoms with Crippen molar-refractivity contribution in [2.24, 2.45) is 14.1 Å². The number of nitrogens with zero attached hydrogens (tertiary/aromatic N) is 6. The fraction of sp³-hybridized carbons (Fsp3) is 0.500. The Morgan fingerprint density at radius 3 is 1.73 bits per heavy atom. The molecule has 0 amide bonds. The highest BCUT2D eigenvalue weighted by Crippen LogP contribution is 2.58. The standard InChI is InChI=1S/C24H25BF4N6O10P2S/c1-32-7-30-19-13(21(32)36)9(26)3-34(19)23-15(28)17-12(43-23)6-41-47(39,48)45-18-11(5-40-46(25,38)44-17)42-24(16(18)29)35-4-10(27)14-20(35)31-8-33(2)22(14)37/h3-4,7-8,11-12,15-18,23-24H,5-6,25H2,1-2H3,(H,39,48)/t11-,12-,15?,16?,17?,18?,23-,24-,46?,47?/m1/s1. The molecule has 7 rings (SSSR count). The number of ether oxygens (including phenoxy) is 2. The summed E-state index contributed by atoms with van der Waals surface area (Å²) in [6, 6.07) is 0. The lowest BCUT2D eigenvalue weighted by Crippen LogP contribution is -2.37. The van der Waals surface area contributed by atoms with Crippen molar-refractivity contribution in [3.8, 4) is 0 Å². The topological polar surface area (TPSA) is 169 Å². The van der Waals surface area contributed by atoms with E-state index in [1.807, 2.05) is 0 Å². The molecule has 0 aliphatic carbocycles. The lowest BCUT2D eigenvalue weighted by molar-refractivity contribution is -0.0546. The molecule has 0 saturated carbocycles. The van der Waals surface area contributed by atoms with Crippen LogP contribution in [0.3, 0.4) is 0 Å². The molecule has 3 aliphatic heterocycles. The molecule has 7 heterocycles. The van der Waals surface area contributed by atoms with Crippen LogP contribution in [-0.4, -0.2) is 85.8 Å². The van der Waals surface area contributed by atoms with Crippen molar-refractivity contribution in [3.05, 3.63) is 57.4 Å². The summed E-state index contributed by atoms with van der Waals surface area (Å²) in [6.07, 6.45) is -10.5. The van der Waals surface area contributed by atoms with E-state index in [0.29, 0.717) is 0 Å². The van der Waals surface area contributed by atoms with Gasteiger partial charge in [-0.2, -0.15) is 0 Å². The summed E-state index contributed by atoms with van der Waals surface area (Å²) in [5.74, 6) is -2.01. The van der Waals surface area contributed by atoms with Crippen LogP contribution in [0.2, 0.25) is 0 Å². The summed E-state index contributed by atoms with van der Waals surface area (Å²) in [5, 5.41) is -0.871. The van der Waals surface area contributed by atoms with E-state index in [-0.39, 0.29) is 11.3 Å². The summed E-state index contributed by atoms with van der Waals surface area (Å²) in [4.78, 5) is 33.0. The fourth-order valence-electron chi connectivity index (χ4n) is 5.92. The number of alkyl halides is 2. The molecule has 24 heteroatoms. The molecule has 48 heavy (non-hydrogen) atoms. The molecule has 10 atom stereocenters. The van der Waals surface area contributed by atoms with E-state index >= 15 is 8.78 Å². The Labute approximate surface area is 272 Å². The van der Waals surface area contributed by atoms with Crippen molar-refractivity contribution in [1.82, 2.24) is 28.2 Å². The number of halogens is 4. The summed E-state index contributed by atoms with van der Waals surface area (Å²) in [5.41, 5.74) is -1.99. The summed E-state index contributed by atoms with van der Waals surface area (Å²) in [6.45, 7) is -6.06. The average Bonchev–Trinajstić information content (AvgIpc) is 3.72. The molecule has 6 unspecified atom stereocenters. The summed E-state index contributed by atoms with van der Waals surface area (Å²) >= 11 is 3.94. The monoisotopic (exact) mass is 738 g/mol. The quantitative estimate of drug-likeness (QED) is 0.137. The number of rotatable bonds is 2. The molecule has 4 aromatic heterocycles. The van der Waals surface area contributed by atoms with Crippen molar-refractivity contribution >= 4 is 56.2 Å². The van der Waals surface area contributed by atoms with Gasteiger partial charge in [0.2, 0.25) is 0 Å². The third kappa shape index (κ3) is 5.60. The minimum atomic E-state index is -4.54. The van der Waals surface area contributed by atoms with Crippen molar-refractivity contribution in [2.45, 2.75) is 49.2 Å². The Morgan fingerprint density at radius 1 is 0.812 bits per heavy atom. The predicted octanol–water partition coefficient (Wildman–Crippen LogP) is 1.83. The number of aryl methyl sites for hydroxylation is 2. The maximum Gasteiger partial charge on any atom is 0.386 e. The molecule has 0 N–H and O–H groups in total. The number of hydrogen-bond donors (Lipinski definition) is 1. The van der Waals surface area contributed by atoms with Crippen LogP contribution in [0.15, 0.2) is 34.6 Å². The lowest BCUT2D eigenvalue weighted by Gasteiger charge is -2.29. The Bertz CT molecular complexity index is 2020. The molecule has 0 bridgehead atoms. The molecule has 3 fully saturated rings. The molecule has 3 saturated heterocycles. The van der Waals surface area contributed by atoms with Crippen LogP contribution in [0.4, 0.5) is 17.6 Å². The van der Waals surface area contributed by atoms with Gasteiger partial charge < -0.3 is 27.7 Å². The van der Waals surface area contributed by atoms with Gasteiger partial charge in [0.05, 0.1) is 25.9 Å². The van der Waals surface area contributed by atoms with Crippen LogP contribution in [0.5, 0.6) is 0 Å². The second-order valence-electron chi connectivity index (χ2n) is 11.5. The van der Waals surface area contributed by atoms with Crippen LogP contribution in [-0.2, 0) is 50.8 Å². The maximum atomic E-state index is 16.1. The Balaban J connectivity index is 1.18. The molecule has 0 aromatic carbocycles. The van der Waals surface area contributed by atoms with E-state index in [1.54, 1.807) is 0 Å². The first-order valence-corrected chi connectivity index (χ1v) is 18.8. The second kappa shape index (κ2) is 11.9. The van der Waals surface area contributed by atoms with Gasteiger partial charge >= 0.3 is 6.80 Å². The highest BCUT2D eigenvalue weighted by atomic mass is 32.7. The first-order chi connectivity index (χ1) is 22.6. The Morgan fingerprint density at radius 2 is 1.25 bits per heavy atom. The molecular weight excluding hydrogens is 713 g/mol. The van der Waals surface area contributed by atoms with Gasteiger partial charge in [-0.3, -0.25) is 32.3 Å². The molecule has 3 aliphatic rings. The van der Waals surface area contributed by atoms with Crippen molar-refractivity contribution < 1.29 is 54.3 Å². The van der Waals surface area contributed by atoms with E-state index in [0.717, 1.165) is 50.9 Å². The van der Waals surface area contributed by atoms with Gasteiger partial charge in [0.15, 0.2) is 47.7 Å². The number of aromatic nitrogens is 6. The predicted molar refractivity (Wildman–Crippen MR) is 162 cm³/mol. The molecule has 0 radical (unpaired) electrons. The molecule has 258 valence electrons. The zero-order chi connectivity index (χ0) is 34.4. The Kier molecular flexibility index (Phi) is 8.36. The van der Waals surface area contributed by atoms with E-state index in [4.69, 9.17) is 27.6 Å². The smallest absolute Gasteiger partial charge is 0.346 e. The first-order valence-electron chi connectivity index (χ1n) is 14.2. The number of fused-ring (bicyclic) bond motifs is 4. The molecule has 4 aromatic rings. The van der Waals surface area contributed by atoms with Gasteiger partial charge in [-0.1, -0.05) is 12.2 Å². The highest BCUT2D eigenvalue weighted by molar-refractivity contribution is 8.44. The largest absolute Gasteiger partial charge is 0.386 e. The number of hydrogen-bond acceptors (Lipinski definition) is 12. The summed E-state index contributed by atoms with van der Waals surface area (Å²) in [7, 11) is -0.558. The van der Waals surface area contributed by atoms with E-state index in [9.17, 15) is 27.5 Å². The van der Waals surface area contributed by atoms with Crippen molar-refractivity contribution in [2.75, 3.05) is 13.2 Å². The zero-order valence-electron chi connectivity index (χ0n) is 25.0. The molecular formula is C24H25BF4N6O10P2S. The third-order valence-corrected chi connectivity index (χ3v) is 11.1. The van der Waals surface area contributed by atoms with Gasteiger partial charge in [-0.05, 0) is 0 Å². The first kappa shape index (κ1) is 33.7. The van der Waals surface area contributed by atoms with E-state index < -0.39 is 110 Å². The van der Waals surface area contributed by atoms with Crippen LogP contribution in [0.25, 0.3) is 22.1 Å². The van der Waals surface area contributed by atoms with Gasteiger partial charge in [0.1, 0.15) is 35.2 Å². The SMILES string of the molecule is BP1(=O)OC[C@H]2O[C@@H](n3cc(F)c4c(=O)n(C)cnc43)C(F)C2OP(=O)(S)OC[C@H]2O[C@@H](n3cc(F)c4c(=O)n(C)cnc43)C(F)C2O1. The third-order valence-electron chi connectivity index (χ3n) is 8.22. The zero-order valence-corrected chi connectivity index (χ0v) is 27.6. The van der Waals surface area contributed by atoms with E-state index in [2.05, 4.69) is 22.2 Å². The second-order valence-corrected chi connectivity index (χ2v) is 16.4. The van der Waals surface area contributed by atoms with E-state index in [1.165, 1.54) is 14.1 Å². The normalized spacial score (nSPS) is 36.1. The Hall–Kier alpha value is -2.81. The van der Waals surface area contributed by atoms with Crippen molar-refractivity contribution in [3.63, 3.8) is 0 Å². The van der Waals surface area contributed by atoms with Gasteiger partial charge in [-0.15, -0.1) is 0 Å².